The molecular weight excluding hydrogens is 1110 g/mol. The van der Waals surface area contributed by atoms with E-state index in [1.54, 1.807) is 36.7 Å². The average Bonchev–Trinajstić information content (AvgIpc) is 4.30. The van der Waals surface area contributed by atoms with Gasteiger partial charge in [-0.25, -0.2) is 9.97 Å². The minimum absolute atomic E-state index is 0.0806. The summed E-state index contributed by atoms with van der Waals surface area (Å²) in [5.74, 6) is -8.23. The number of fused-ring (bicyclic) bond motifs is 2. The minimum Gasteiger partial charge on any atom is -0.394 e. The quantitative estimate of drug-likeness (QED) is 0.0227. The zero-order valence-corrected chi connectivity index (χ0v) is 47.3. The first kappa shape index (κ1) is 62.1. The van der Waals surface area contributed by atoms with E-state index in [1.807, 2.05) is 38.1 Å². The highest BCUT2D eigenvalue weighted by molar-refractivity contribution is 5.99. The van der Waals surface area contributed by atoms with E-state index >= 15 is 0 Å². The number of carbonyl (C=O) groups excluding carboxylic acids is 11. The third-order valence-electron chi connectivity index (χ3n) is 14.9. The second-order valence-electron chi connectivity index (χ2n) is 21.7. The Balaban J connectivity index is 0.963. The van der Waals surface area contributed by atoms with Crippen LogP contribution in [0, 0.1) is 5.92 Å². The van der Waals surface area contributed by atoms with Crippen molar-refractivity contribution in [1.29, 1.82) is 0 Å². The smallest absolute Gasteiger partial charge is 0.245 e. The molecule has 456 valence electrons. The summed E-state index contributed by atoms with van der Waals surface area (Å²) in [6.45, 7) is 1.76. The predicted molar refractivity (Wildman–Crippen MR) is 308 cm³/mol. The number of aromatic amines is 4. The normalized spacial score (nSPS) is 16.9. The van der Waals surface area contributed by atoms with E-state index in [4.69, 9.17) is 5.73 Å². The van der Waals surface area contributed by atoms with Crippen LogP contribution in [0.25, 0.3) is 21.8 Å². The third-order valence-corrected chi connectivity index (χ3v) is 14.9. The number of aliphatic hydroxyl groups excluding tert-OH is 1. The first-order valence-corrected chi connectivity index (χ1v) is 28.2. The monoisotopic (exact) mass is 1190 g/mol. The molecule has 0 bridgehead atoms. The fraction of sp³-hybridized carbons (Fsp3) is 0.421. The molecule has 6 heterocycles. The van der Waals surface area contributed by atoms with Gasteiger partial charge in [0.15, 0.2) is 0 Å². The topological polar surface area (TPSA) is 434 Å². The van der Waals surface area contributed by atoms with Crippen LogP contribution in [0.15, 0.2) is 86.0 Å². The van der Waals surface area contributed by atoms with Gasteiger partial charge >= 0.3 is 0 Å². The summed E-state index contributed by atoms with van der Waals surface area (Å²) in [6, 6.07) is 4.21. The fourth-order valence-corrected chi connectivity index (χ4v) is 10.5. The molecule has 0 spiro atoms. The van der Waals surface area contributed by atoms with Gasteiger partial charge in [0.25, 0.3) is 0 Å². The van der Waals surface area contributed by atoms with Gasteiger partial charge in [0.2, 0.25) is 65.0 Å². The highest BCUT2D eigenvalue weighted by atomic mass is 16.3. The van der Waals surface area contributed by atoms with Crippen LogP contribution in [0.3, 0.4) is 0 Å². The molecule has 2 saturated heterocycles. The number of aromatic nitrogens is 6. The number of para-hydroxylation sites is 2. The van der Waals surface area contributed by atoms with Gasteiger partial charge in [0, 0.05) is 96.6 Å². The Morgan fingerprint density at radius 2 is 1.14 bits per heavy atom. The van der Waals surface area contributed by atoms with Crippen LogP contribution in [0.4, 0.5) is 0 Å². The van der Waals surface area contributed by atoms with Crippen LogP contribution in [-0.2, 0) is 78.4 Å². The van der Waals surface area contributed by atoms with E-state index in [2.05, 4.69) is 77.8 Å². The first-order valence-electron chi connectivity index (χ1n) is 28.2. The van der Waals surface area contributed by atoms with Gasteiger partial charge in [0.1, 0.15) is 48.3 Å². The van der Waals surface area contributed by atoms with Crippen LogP contribution >= 0.6 is 0 Å². The number of hydrogen-bond acceptors (Lipinski definition) is 14. The van der Waals surface area contributed by atoms with Crippen molar-refractivity contribution in [2.24, 2.45) is 11.7 Å². The molecule has 8 rings (SSSR count). The number of benzene rings is 2. The molecule has 0 unspecified atom stereocenters. The number of nitrogens with one attached hydrogen (secondary N) is 13. The summed E-state index contributed by atoms with van der Waals surface area (Å²) in [5.41, 5.74) is 8.75. The second-order valence-corrected chi connectivity index (χ2v) is 21.7. The summed E-state index contributed by atoms with van der Waals surface area (Å²) in [6.07, 6.45) is 9.60. The number of rotatable bonds is 29. The molecular formula is C57H71N17O12. The molecule has 16 N–H and O–H groups in total. The van der Waals surface area contributed by atoms with Gasteiger partial charge in [-0.15, -0.1) is 0 Å². The van der Waals surface area contributed by atoms with Crippen molar-refractivity contribution in [3.05, 3.63) is 108 Å². The number of likely N-dealkylation sites (tertiary alicyclic amines) is 1. The summed E-state index contributed by atoms with van der Waals surface area (Å²) in [4.78, 5) is 171. The Kier molecular flexibility index (Phi) is 21.0. The predicted octanol–water partition coefficient (Wildman–Crippen LogP) is -2.70. The third kappa shape index (κ3) is 16.4. The number of imidazole rings is 2. The van der Waals surface area contributed by atoms with Crippen molar-refractivity contribution in [1.82, 2.24) is 82.7 Å². The molecule has 0 radical (unpaired) electrons. The lowest BCUT2D eigenvalue weighted by molar-refractivity contribution is -0.142. The molecule has 2 aromatic carbocycles. The Morgan fingerprint density at radius 3 is 1.66 bits per heavy atom. The number of hydrogen-bond donors (Lipinski definition) is 15. The zero-order chi connectivity index (χ0) is 61.4. The van der Waals surface area contributed by atoms with Gasteiger partial charge < -0.3 is 83.5 Å². The van der Waals surface area contributed by atoms with Crippen molar-refractivity contribution in [2.75, 3.05) is 26.2 Å². The maximum atomic E-state index is 14.5. The van der Waals surface area contributed by atoms with Crippen LogP contribution < -0.4 is 53.6 Å². The average molecular weight is 1190 g/mol. The van der Waals surface area contributed by atoms with E-state index in [9.17, 15) is 57.8 Å². The summed E-state index contributed by atoms with van der Waals surface area (Å²) >= 11 is 0. The SMILES string of the molecule is CC(C)C[C@H](NC(=O)[C@H](Cc1c[nH]c2ccccc12)NC(=O)CNC(=O)[C@H](Cc1cnc[nH]1)NC(=O)[C@H](CO)NC(=O)[C@H](Cc1c[nH]c2ccccc12)NC(=O)[C@H](Cc1cnc[nH]1)NC(=O)[C@@H]1CCC(=O)N1)C(=O)N1CCC[C@H]1C(=O)NCC(N)=O. The Hall–Kier alpha value is -9.93. The molecule has 86 heavy (non-hydrogen) atoms. The van der Waals surface area contributed by atoms with Gasteiger partial charge in [-0.2, -0.15) is 0 Å². The van der Waals surface area contributed by atoms with E-state index in [0.29, 0.717) is 40.7 Å². The van der Waals surface area contributed by atoms with Gasteiger partial charge in [-0.3, -0.25) is 52.7 Å². The van der Waals surface area contributed by atoms with Crippen molar-refractivity contribution in [3.63, 3.8) is 0 Å². The lowest BCUT2D eigenvalue weighted by atomic mass is 10.00. The lowest BCUT2D eigenvalue weighted by Gasteiger charge is -2.30. The molecule has 8 atom stereocenters. The number of aliphatic hydroxyl groups is 1. The Labute approximate surface area is 492 Å². The molecule has 0 saturated carbocycles. The van der Waals surface area contributed by atoms with Gasteiger partial charge in [0.05, 0.1) is 32.4 Å². The summed E-state index contributed by atoms with van der Waals surface area (Å²) in [5, 5.41) is 35.6. The maximum absolute atomic E-state index is 14.5. The lowest BCUT2D eigenvalue weighted by Crippen LogP contribution is -2.60. The van der Waals surface area contributed by atoms with E-state index in [-0.39, 0.29) is 63.3 Å². The van der Waals surface area contributed by atoms with Crippen LogP contribution in [0.1, 0.15) is 68.5 Å². The van der Waals surface area contributed by atoms with Crippen molar-refractivity contribution in [2.45, 2.75) is 120 Å². The van der Waals surface area contributed by atoms with E-state index < -0.39 is 127 Å². The van der Waals surface area contributed by atoms with Crippen LogP contribution in [-0.4, -0.2) is 179 Å². The van der Waals surface area contributed by atoms with Crippen LogP contribution in [0.2, 0.25) is 0 Å². The number of H-pyrrole nitrogens is 4. The first-order chi connectivity index (χ1) is 41.3. The maximum Gasteiger partial charge on any atom is 0.245 e. The highest BCUT2D eigenvalue weighted by Gasteiger charge is 2.40. The number of primary amides is 1. The molecule has 2 aliphatic rings. The highest BCUT2D eigenvalue weighted by Crippen LogP contribution is 2.23. The molecule has 6 aromatic rings. The molecule has 4 aromatic heterocycles. The van der Waals surface area contributed by atoms with Gasteiger partial charge in [-0.05, 0) is 54.9 Å². The second kappa shape index (κ2) is 29.1. The fourth-order valence-electron chi connectivity index (χ4n) is 10.5. The molecule has 29 heteroatoms. The standard InChI is InChI=1S/C57H71N17O12/c1-30(2)16-44(57(86)74-15-7-12-46(74)56(85)63-25-47(58)76)72-52(81)40(17-31-21-61-37-10-5-3-8-35(31)37)68-49(78)26-64-50(79)42(19-33-23-59-28-65-33)70-55(84)45(27-75)73-53(82)41(18-32-22-62-38-11-6-4-9-36(32)38)69-54(83)43(20-34-24-60-29-66-34)71-51(80)39-13-14-48(77)67-39/h3-6,8-11,21-24,28-30,39-46,61-62,75H,7,12-20,25-27H2,1-2H3,(H2,58,76)(H,59,65)(H,60,66)(H,63,85)(H,64,79)(H,67,77)(H,68,78)(H,69,83)(H,70,84)(H,71,80)(H,72,81)(H,73,82)/t39-,40-,41-,42-,43-,44-,45-,46-/m0/s1. The summed E-state index contributed by atoms with van der Waals surface area (Å²) < 4.78 is 0. The molecule has 0 aliphatic carbocycles. The summed E-state index contributed by atoms with van der Waals surface area (Å²) in [7, 11) is 0. The van der Waals surface area contributed by atoms with Crippen molar-refractivity contribution < 1.29 is 57.8 Å². The van der Waals surface area contributed by atoms with Crippen LogP contribution in [0.5, 0.6) is 0 Å². The largest absolute Gasteiger partial charge is 0.394 e. The van der Waals surface area contributed by atoms with E-state index in [1.165, 1.54) is 29.9 Å². The molecule has 2 aliphatic heterocycles. The molecule has 2 fully saturated rings. The number of carbonyl (C=O) groups is 11. The number of nitrogens with two attached hydrogens (primary N) is 1. The van der Waals surface area contributed by atoms with Crippen molar-refractivity contribution >= 4 is 86.8 Å². The minimum atomic E-state index is -1.73. The van der Waals surface area contributed by atoms with E-state index in [0.717, 1.165) is 16.4 Å². The van der Waals surface area contributed by atoms with Crippen molar-refractivity contribution in [3.8, 4) is 0 Å². The van der Waals surface area contributed by atoms with Gasteiger partial charge in [-0.1, -0.05) is 50.2 Å². The molecule has 29 nitrogen and oxygen atoms in total. The number of nitrogens with zero attached hydrogens (tertiary/aromatic N) is 3. The Morgan fingerprint density at radius 1 is 0.616 bits per heavy atom. The number of amides is 11. The zero-order valence-electron chi connectivity index (χ0n) is 47.3. The molecule has 11 amide bonds. The Bertz CT molecular complexity index is 3410.